The molecular weight excluding hydrogens is 316 g/mol. The molecule has 4 nitrogen and oxygen atoms in total. The summed E-state index contributed by atoms with van der Waals surface area (Å²) in [6.45, 7) is 6.22. The Morgan fingerprint density at radius 1 is 1.00 bits per heavy atom. The van der Waals surface area contributed by atoms with Crippen LogP contribution >= 0.6 is 0 Å². The number of hydrogen-bond acceptors (Lipinski definition) is 3. The number of allylic oxidation sites excluding steroid dienone is 5. The first-order valence-electron chi connectivity index (χ1n) is 8.51. The van der Waals surface area contributed by atoms with Crippen LogP contribution in [0.3, 0.4) is 0 Å². The molecule has 1 aromatic carbocycles. The molecule has 1 rings (SSSR count). The zero-order chi connectivity index (χ0) is 18.8. The van der Waals surface area contributed by atoms with Gasteiger partial charge in [0.05, 0.1) is 0 Å². The number of rotatable bonds is 9. The Kier molecular flexibility index (Phi) is 8.54. The summed E-state index contributed by atoms with van der Waals surface area (Å²) in [4.78, 5) is 11.4. The zero-order valence-corrected chi connectivity index (χ0v) is 15.2. The highest BCUT2D eigenvalue weighted by Crippen LogP contribution is 2.23. The molecule has 0 aliphatic heterocycles. The van der Waals surface area contributed by atoms with Crippen molar-refractivity contribution in [2.24, 2.45) is 0 Å². The van der Waals surface area contributed by atoms with E-state index < -0.39 is 5.97 Å². The smallest absolute Gasteiger partial charge is 0.331 e. The minimum Gasteiger partial charge on any atom is -0.508 e. The van der Waals surface area contributed by atoms with E-state index in [0.29, 0.717) is 24.0 Å². The molecule has 4 heteroatoms. The quantitative estimate of drug-likeness (QED) is 0.330. The van der Waals surface area contributed by atoms with Gasteiger partial charge in [-0.2, -0.15) is 0 Å². The predicted octanol–water partition coefficient (Wildman–Crippen LogP) is 5.12. The Balaban J connectivity index is 2.63. The average Bonchev–Trinajstić information content (AvgIpc) is 2.53. The summed E-state index contributed by atoms with van der Waals surface area (Å²) in [5.74, 6) is -0.850. The third-order valence-corrected chi connectivity index (χ3v) is 3.90. The second-order valence-electron chi connectivity index (χ2n) is 6.46. The van der Waals surface area contributed by atoms with E-state index in [9.17, 15) is 20.1 Å². The highest BCUT2D eigenvalue weighted by molar-refractivity contribution is 5.86. The summed E-state index contributed by atoms with van der Waals surface area (Å²) in [5, 5.41) is 28.5. The molecule has 136 valence electrons. The van der Waals surface area contributed by atoms with E-state index in [4.69, 9.17) is 0 Å². The Hall–Kier alpha value is -2.49. The van der Waals surface area contributed by atoms with Crippen molar-refractivity contribution < 1.29 is 20.1 Å². The predicted molar refractivity (Wildman–Crippen MR) is 101 cm³/mol. The van der Waals surface area contributed by atoms with Crippen molar-refractivity contribution in [1.29, 1.82) is 0 Å². The van der Waals surface area contributed by atoms with Crippen LogP contribution in [0.15, 0.2) is 53.1 Å². The fourth-order valence-electron chi connectivity index (χ4n) is 2.43. The highest BCUT2D eigenvalue weighted by atomic mass is 16.4. The van der Waals surface area contributed by atoms with Gasteiger partial charge in [0.25, 0.3) is 0 Å². The van der Waals surface area contributed by atoms with Gasteiger partial charge in [0.15, 0.2) is 0 Å². The lowest BCUT2D eigenvalue weighted by Gasteiger charge is -2.05. The lowest BCUT2D eigenvalue weighted by molar-refractivity contribution is -0.132. The molecule has 0 saturated carbocycles. The maximum Gasteiger partial charge on any atom is 0.331 e. The number of benzene rings is 1. The van der Waals surface area contributed by atoms with Gasteiger partial charge >= 0.3 is 5.97 Å². The van der Waals surface area contributed by atoms with Crippen LogP contribution in [0.1, 0.15) is 52.0 Å². The summed E-state index contributed by atoms with van der Waals surface area (Å²) >= 11 is 0. The maximum atomic E-state index is 11.4. The molecule has 0 radical (unpaired) electrons. The van der Waals surface area contributed by atoms with Gasteiger partial charge in [-0.1, -0.05) is 29.4 Å². The van der Waals surface area contributed by atoms with Crippen molar-refractivity contribution in [2.75, 3.05) is 0 Å². The van der Waals surface area contributed by atoms with Crippen molar-refractivity contribution >= 4 is 5.97 Å². The first-order valence-corrected chi connectivity index (χ1v) is 8.51. The number of hydrogen-bond donors (Lipinski definition) is 3. The minimum absolute atomic E-state index is 0.0491. The summed E-state index contributed by atoms with van der Waals surface area (Å²) in [5.41, 5.74) is 3.38. The molecular formula is C21H28O4. The van der Waals surface area contributed by atoms with E-state index in [-0.39, 0.29) is 17.9 Å². The highest BCUT2D eigenvalue weighted by Gasteiger charge is 2.08. The van der Waals surface area contributed by atoms with Gasteiger partial charge < -0.3 is 15.3 Å². The van der Waals surface area contributed by atoms with E-state index in [1.165, 1.54) is 29.3 Å². The largest absolute Gasteiger partial charge is 0.508 e. The number of aromatic hydroxyl groups is 2. The van der Waals surface area contributed by atoms with Crippen LogP contribution in [0, 0.1) is 0 Å². The molecule has 0 amide bonds. The third-order valence-electron chi connectivity index (χ3n) is 3.90. The lowest BCUT2D eigenvalue weighted by atomic mass is 10.0. The molecule has 0 aliphatic carbocycles. The first-order chi connectivity index (χ1) is 11.8. The van der Waals surface area contributed by atoms with Crippen molar-refractivity contribution in [1.82, 2.24) is 0 Å². The normalized spacial score (nSPS) is 12.1. The summed E-state index contributed by atoms with van der Waals surface area (Å²) in [7, 11) is 0. The van der Waals surface area contributed by atoms with Crippen LogP contribution in [0.5, 0.6) is 11.5 Å². The Morgan fingerprint density at radius 3 is 2.32 bits per heavy atom. The van der Waals surface area contributed by atoms with Crippen LogP contribution in [-0.2, 0) is 11.2 Å². The summed E-state index contributed by atoms with van der Waals surface area (Å²) < 4.78 is 0. The second-order valence-corrected chi connectivity index (χ2v) is 6.46. The second kappa shape index (κ2) is 10.4. The monoisotopic (exact) mass is 344 g/mol. The molecule has 3 N–H and O–H groups in total. The fourth-order valence-corrected chi connectivity index (χ4v) is 2.43. The van der Waals surface area contributed by atoms with E-state index in [0.717, 1.165) is 12.8 Å². The first kappa shape index (κ1) is 20.6. The summed E-state index contributed by atoms with van der Waals surface area (Å²) in [6, 6.07) is 4.24. The molecule has 0 spiro atoms. The van der Waals surface area contributed by atoms with E-state index >= 15 is 0 Å². The van der Waals surface area contributed by atoms with Crippen LogP contribution in [0.4, 0.5) is 0 Å². The molecule has 0 heterocycles. The van der Waals surface area contributed by atoms with Crippen LogP contribution < -0.4 is 0 Å². The standard InChI is InChI=1S/C21H28O4/c1-15(2)6-4-7-16(3)8-5-9-17(21(24)25)10-11-18-14-19(22)12-13-20(18)23/h6,8,10,12-14,22-23H,4-5,7,9,11H2,1-3H3,(H,24,25). The molecule has 25 heavy (non-hydrogen) atoms. The molecule has 0 bridgehead atoms. The number of carboxylic acids is 1. The number of phenolic OH excluding ortho intramolecular Hbond substituents is 2. The molecule has 0 unspecified atom stereocenters. The van der Waals surface area contributed by atoms with Crippen LogP contribution in [0.25, 0.3) is 0 Å². The minimum atomic E-state index is -0.949. The van der Waals surface area contributed by atoms with Gasteiger partial charge in [0.1, 0.15) is 11.5 Å². The van der Waals surface area contributed by atoms with E-state index in [2.05, 4.69) is 32.9 Å². The molecule has 0 aromatic heterocycles. The topological polar surface area (TPSA) is 77.8 Å². The molecule has 0 aliphatic rings. The van der Waals surface area contributed by atoms with Gasteiger partial charge in [0.2, 0.25) is 0 Å². The third kappa shape index (κ3) is 8.25. The SMILES string of the molecule is CC(C)=CCCC(C)=CCCC(=CCc1cc(O)ccc1O)C(=O)O. The van der Waals surface area contributed by atoms with Crippen LogP contribution in [0.2, 0.25) is 0 Å². The van der Waals surface area contributed by atoms with Crippen molar-refractivity contribution in [3.05, 3.63) is 58.7 Å². The molecule has 0 fully saturated rings. The molecule has 0 atom stereocenters. The fraction of sp³-hybridized carbons (Fsp3) is 0.381. The zero-order valence-electron chi connectivity index (χ0n) is 15.2. The Morgan fingerprint density at radius 2 is 1.68 bits per heavy atom. The van der Waals surface area contributed by atoms with Gasteiger partial charge in [-0.3, -0.25) is 0 Å². The number of phenols is 2. The van der Waals surface area contributed by atoms with E-state index in [1.807, 2.05) is 0 Å². The van der Waals surface area contributed by atoms with Gasteiger partial charge in [0, 0.05) is 11.1 Å². The lowest BCUT2D eigenvalue weighted by Crippen LogP contribution is -2.01. The number of carbonyl (C=O) groups is 1. The number of aliphatic carboxylic acids is 1. The van der Waals surface area contributed by atoms with Crippen molar-refractivity contribution in [3.8, 4) is 11.5 Å². The molecule has 1 aromatic rings. The summed E-state index contributed by atoms with van der Waals surface area (Å²) in [6.07, 6.45) is 9.24. The van der Waals surface area contributed by atoms with E-state index in [1.54, 1.807) is 6.08 Å². The average molecular weight is 344 g/mol. The Labute approximate surface area is 149 Å². The molecule has 0 saturated heterocycles. The van der Waals surface area contributed by atoms with Gasteiger partial charge in [-0.25, -0.2) is 4.79 Å². The van der Waals surface area contributed by atoms with Gasteiger partial charge in [-0.15, -0.1) is 0 Å². The Bertz CT molecular complexity index is 677. The van der Waals surface area contributed by atoms with Crippen molar-refractivity contribution in [3.63, 3.8) is 0 Å². The number of carboxylic acid groups (broad SMARTS) is 1. The maximum absolute atomic E-state index is 11.4. The van der Waals surface area contributed by atoms with Gasteiger partial charge in [-0.05, 0) is 71.1 Å². The van der Waals surface area contributed by atoms with Crippen molar-refractivity contribution in [2.45, 2.75) is 52.9 Å². The van der Waals surface area contributed by atoms with Crippen LogP contribution in [-0.4, -0.2) is 21.3 Å².